The maximum absolute atomic E-state index is 2.37. The number of anilines is 3. The van der Waals surface area contributed by atoms with Gasteiger partial charge < -0.3 is 9.47 Å². The molecule has 0 spiro atoms. The molecule has 328 valence electrons. The minimum Gasteiger partial charge on any atom is -0.311 e. The first-order chi connectivity index (χ1) is 34.7. The Kier molecular flexibility index (Phi) is 10.2. The highest BCUT2D eigenvalue weighted by molar-refractivity contribution is 6.09. The predicted molar refractivity (Wildman–Crippen MR) is 298 cm³/mol. The van der Waals surface area contributed by atoms with Crippen molar-refractivity contribution in [2.24, 2.45) is 0 Å². The molecule has 0 N–H and O–H groups in total. The molecule has 13 rings (SSSR count). The van der Waals surface area contributed by atoms with Gasteiger partial charge >= 0.3 is 0 Å². The second kappa shape index (κ2) is 17.4. The molecule has 70 heavy (non-hydrogen) atoms. The Balaban J connectivity index is 0.870. The van der Waals surface area contributed by atoms with Crippen molar-refractivity contribution in [2.75, 3.05) is 4.90 Å². The highest BCUT2D eigenvalue weighted by Crippen LogP contribution is 2.42. The Bertz CT molecular complexity index is 3940. The van der Waals surface area contributed by atoms with E-state index in [1.54, 1.807) is 0 Å². The topological polar surface area (TPSA) is 8.17 Å². The van der Waals surface area contributed by atoms with E-state index in [0.717, 1.165) is 22.7 Å². The summed E-state index contributed by atoms with van der Waals surface area (Å²) in [5, 5.41) is 7.51. The van der Waals surface area contributed by atoms with Crippen molar-refractivity contribution in [2.45, 2.75) is 0 Å². The number of fused-ring (bicyclic) bond motifs is 5. The summed E-state index contributed by atoms with van der Waals surface area (Å²) in [6, 6.07) is 102. The van der Waals surface area contributed by atoms with Crippen LogP contribution in [0.2, 0.25) is 0 Å². The summed E-state index contributed by atoms with van der Waals surface area (Å²) < 4.78 is 2.37. The molecule has 2 heteroatoms. The lowest BCUT2D eigenvalue weighted by Crippen LogP contribution is -2.09. The summed E-state index contributed by atoms with van der Waals surface area (Å²) in [4.78, 5) is 2.37. The van der Waals surface area contributed by atoms with E-state index in [1.165, 1.54) is 99.0 Å². The van der Waals surface area contributed by atoms with E-state index in [9.17, 15) is 0 Å². The second-order valence-corrected chi connectivity index (χ2v) is 18.1. The molecule has 12 aromatic carbocycles. The molecule has 0 fully saturated rings. The normalized spacial score (nSPS) is 11.4. The standard InChI is InChI=1S/C68H46N2/c1-3-14-50(15-4-1)60-23-11-18-52-28-29-55(46-65(52)60)49-34-40-57(41-35-49)69(58-44-36-53(37-45-58)62-25-13-20-54-19-12-24-61(68(54)62)51-16-5-2-6-17-51)56-38-30-47(31-39-56)48-32-42-59(43-33-48)70-66-26-9-7-21-63(66)64-22-8-10-27-67(64)70/h1-46H. The monoisotopic (exact) mass is 890 g/mol. The first kappa shape index (κ1) is 41.0. The minimum atomic E-state index is 1.08. The van der Waals surface area contributed by atoms with E-state index in [0.29, 0.717) is 0 Å². The first-order valence-electron chi connectivity index (χ1n) is 24.1. The van der Waals surface area contributed by atoms with Gasteiger partial charge in [-0.1, -0.05) is 212 Å². The third kappa shape index (κ3) is 7.31. The molecule has 0 aliphatic rings. The van der Waals surface area contributed by atoms with Crippen molar-refractivity contribution in [1.82, 2.24) is 4.57 Å². The highest BCUT2D eigenvalue weighted by atomic mass is 15.1. The number of hydrogen-bond donors (Lipinski definition) is 0. The molecule has 0 atom stereocenters. The Labute approximate surface area is 408 Å². The number of rotatable bonds is 9. The summed E-state index contributed by atoms with van der Waals surface area (Å²) in [6.07, 6.45) is 0. The van der Waals surface area contributed by atoms with Crippen LogP contribution in [-0.4, -0.2) is 4.57 Å². The van der Waals surface area contributed by atoms with E-state index in [1.807, 2.05) is 0 Å². The van der Waals surface area contributed by atoms with Gasteiger partial charge in [0.25, 0.3) is 0 Å². The summed E-state index contributed by atoms with van der Waals surface area (Å²) in [5.74, 6) is 0. The van der Waals surface area contributed by atoms with E-state index in [4.69, 9.17) is 0 Å². The SMILES string of the molecule is c1ccc(-c2cccc3ccc(-c4ccc(N(c5ccc(-c6ccc(-n7c8ccccc8c8ccccc87)cc6)cc5)c5ccc(-c6cccc7cccc(-c8ccccc8)c67)cc5)cc4)cc23)cc1. The Morgan fingerprint density at radius 2 is 0.643 bits per heavy atom. The van der Waals surface area contributed by atoms with Crippen LogP contribution in [0, 0.1) is 0 Å². The molecular formula is C68H46N2. The fraction of sp³-hybridized carbons (Fsp3) is 0. The quantitative estimate of drug-likeness (QED) is 0.140. The molecule has 0 unspecified atom stereocenters. The van der Waals surface area contributed by atoms with Gasteiger partial charge in [-0.25, -0.2) is 0 Å². The van der Waals surface area contributed by atoms with Gasteiger partial charge in [0.15, 0.2) is 0 Å². The third-order valence-corrected chi connectivity index (χ3v) is 14.0. The smallest absolute Gasteiger partial charge is 0.0541 e. The lowest BCUT2D eigenvalue weighted by Gasteiger charge is -2.26. The van der Waals surface area contributed by atoms with Gasteiger partial charge in [-0.15, -0.1) is 0 Å². The lowest BCUT2D eigenvalue weighted by molar-refractivity contribution is 1.18. The summed E-state index contributed by atoms with van der Waals surface area (Å²) in [7, 11) is 0. The van der Waals surface area contributed by atoms with Crippen LogP contribution >= 0.6 is 0 Å². The van der Waals surface area contributed by atoms with Crippen LogP contribution in [0.4, 0.5) is 17.1 Å². The number of nitrogens with zero attached hydrogens (tertiary/aromatic N) is 2. The van der Waals surface area contributed by atoms with Crippen molar-refractivity contribution in [3.63, 3.8) is 0 Å². The summed E-state index contributed by atoms with van der Waals surface area (Å²) in [6.45, 7) is 0. The zero-order valence-corrected chi connectivity index (χ0v) is 38.5. The molecule has 0 radical (unpaired) electrons. The minimum absolute atomic E-state index is 1.08. The summed E-state index contributed by atoms with van der Waals surface area (Å²) in [5.41, 5.74) is 18.9. The highest BCUT2D eigenvalue weighted by Gasteiger charge is 2.17. The van der Waals surface area contributed by atoms with Gasteiger partial charge in [0.05, 0.1) is 11.0 Å². The maximum Gasteiger partial charge on any atom is 0.0541 e. The zero-order valence-electron chi connectivity index (χ0n) is 38.5. The van der Waals surface area contributed by atoms with Crippen LogP contribution in [0.5, 0.6) is 0 Å². The Hall–Kier alpha value is -9.24. The van der Waals surface area contributed by atoms with Gasteiger partial charge in [0, 0.05) is 33.5 Å². The van der Waals surface area contributed by atoms with Crippen LogP contribution < -0.4 is 4.90 Å². The summed E-state index contributed by atoms with van der Waals surface area (Å²) >= 11 is 0. The van der Waals surface area contributed by atoms with Crippen molar-refractivity contribution in [3.8, 4) is 61.3 Å². The molecule has 0 aliphatic heterocycles. The largest absolute Gasteiger partial charge is 0.311 e. The average Bonchev–Trinajstić information content (AvgIpc) is 3.78. The van der Waals surface area contributed by atoms with Crippen molar-refractivity contribution >= 4 is 60.4 Å². The Morgan fingerprint density at radius 3 is 1.19 bits per heavy atom. The van der Waals surface area contributed by atoms with E-state index in [-0.39, 0.29) is 0 Å². The fourth-order valence-electron chi connectivity index (χ4n) is 10.6. The molecule has 1 aromatic heterocycles. The van der Waals surface area contributed by atoms with Crippen LogP contribution in [0.3, 0.4) is 0 Å². The molecular weight excluding hydrogens is 845 g/mol. The molecule has 0 saturated carbocycles. The van der Waals surface area contributed by atoms with Gasteiger partial charge in [0.1, 0.15) is 0 Å². The van der Waals surface area contributed by atoms with Gasteiger partial charge in [-0.2, -0.15) is 0 Å². The van der Waals surface area contributed by atoms with Crippen LogP contribution in [0.1, 0.15) is 0 Å². The second-order valence-electron chi connectivity index (χ2n) is 18.1. The zero-order chi connectivity index (χ0) is 46.4. The van der Waals surface area contributed by atoms with E-state index < -0.39 is 0 Å². The average molecular weight is 891 g/mol. The van der Waals surface area contributed by atoms with Crippen molar-refractivity contribution in [1.29, 1.82) is 0 Å². The fourth-order valence-corrected chi connectivity index (χ4v) is 10.6. The van der Waals surface area contributed by atoms with Gasteiger partial charge in [-0.05, 0) is 144 Å². The number of hydrogen-bond acceptors (Lipinski definition) is 1. The lowest BCUT2D eigenvalue weighted by atomic mass is 9.91. The molecule has 0 aliphatic carbocycles. The number of benzene rings is 12. The van der Waals surface area contributed by atoms with Crippen LogP contribution in [0.15, 0.2) is 279 Å². The third-order valence-electron chi connectivity index (χ3n) is 14.0. The molecule has 0 bridgehead atoms. The molecule has 2 nitrogen and oxygen atoms in total. The molecule has 13 aromatic rings. The molecule has 1 heterocycles. The van der Waals surface area contributed by atoms with Crippen molar-refractivity contribution < 1.29 is 0 Å². The number of para-hydroxylation sites is 2. The predicted octanol–water partition coefficient (Wildman–Crippen LogP) is 18.9. The van der Waals surface area contributed by atoms with Crippen LogP contribution in [-0.2, 0) is 0 Å². The van der Waals surface area contributed by atoms with Gasteiger partial charge in [-0.3, -0.25) is 0 Å². The first-order valence-corrected chi connectivity index (χ1v) is 24.1. The molecule has 0 amide bonds. The van der Waals surface area contributed by atoms with Crippen molar-refractivity contribution in [3.05, 3.63) is 279 Å². The maximum atomic E-state index is 2.37. The van der Waals surface area contributed by atoms with Gasteiger partial charge in [0.2, 0.25) is 0 Å². The van der Waals surface area contributed by atoms with E-state index in [2.05, 4.69) is 289 Å². The molecule has 0 saturated heterocycles. The number of aromatic nitrogens is 1. The van der Waals surface area contributed by atoms with Crippen LogP contribution in [0.25, 0.3) is 105 Å². The Morgan fingerprint density at radius 1 is 0.243 bits per heavy atom. The van der Waals surface area contributed by atoms with E-state index >= 15 is 0 Å².